The van der Waals surface area contributed by atoms with Crippen molar-refractivity contribution < 1.29 is 9.90 Å². The number of nitrogens with zero attached hydrogens (tertiary/aromatic N) is 2. The van der Waals surface area contributed by atoms with E-state index in [1.165, 1.54) is 0 Å². The summed E-state index contributed by atoms with van der Waals surface area (Å²) in [5.41, 5.74) is 1.09. The van der Waals surface area contributed by atoms with E-state index in [9.17, 15) is 9.90 Å². The predicted octanol–water partition coefficient (Wildman–Crippen LogP) is 3.82. The molecule has 2 heterocycles. The fraction of sp³-hybridized carbons (Fsp3) is 0.333. The highest BCUT2D eigenvalue weighted by Gasteiger charge is 2.35. The summed E-state index contributed by atoms with van der Waals surface area (Å²) in [6.07, 6.45) is 4.29. The normalized spacial score (nSPS) is 16.9. The van der Waals surface area contributed by atoms with Crippen molar-refractivity contribution in [3.8, 4) is 0 Å². The van der Waals surface area contributed by atoms with Gasteiger partial charge in [0.2, 0.25) is 0 Å². The molecule has 0 bridgehead atoms. The standard InChI is InChI=1S/C18H18Cl2N2O2/c1-12-15(19)9-13(10-16(12)20)17(23)22-7-4-18(24,5-8-22)14-3-2-6-21-11-14/h2-3,6,9-11,24H,4-5,7-8H2,1H3. The first-order valence-corrected chi connectivity index (χ1v) is 8.54. The van der Waals surface area contributed by atoms with Gasteiger partial charge in [-0.1, -0.05) is 29.3 Å². The molecule has 1 aliphatic rings. The molecule has 4 nitrogen and oxygen atoms in total. The van der Waals surface area contributed by atoms with Crippen LogP contribution in [-0.2, 0) is 5.60 Å². The zero-order valence-electron chi connectivity index (χ0n) is 13.3. The van der Waals surface area contributed by atoms with Gasteiger partial charge >= 0.3 is 0 Å². The molecule has 126 valence electrons. The number of amides is 1. The molecule has 0 unspecified atom stereocenters. The van der Waals surface area contributed by atoms with Crippen molar-refractivity contribution in [3.05, 3.63) is 63.4 Å². The first kappa shape index (κ1) is 17.2. The van der Waals surface area contributed by atoms with Crippen LogP contribution in [0.25, 0.3) is 0 Å². The third-order valence-electron chi connectivity index (χ3n) is 4.60. The monoisotopic (exact) mass is 364 g/mol. The number of hydrogen-bond acceptors (Lipinski definition) is 3. The lowest BCUT2D eigenvalue weighted by Gasteiger charge is -2.38. The minimum absolute atomic E-state index is 0.118. The van der Waals surface area contributed by atoms with Crippen LogP contribution in [0.4, 0.5) is 0 Å². The third-order valence-corrected chi connectivity index (χ3v) is 5.39. The Balaban J connectivity index is 1.74. The molecule has 2 aromatic rings. The molecule has 1 fully saturated rings. The average Bonchev–Trinajstić information content (AvgIpc) is 2.60. The third kappa shape index (κ3) is 3.27. The average molecular weight is 365 g/mol. The predicted molar refractivity (Wildman–Crippen MR) is 94.5 cm³/mol. The Labute approximate surface area is 151 Å². The van der Waals surface area contributed by atoms with Crippen molar-refractivity contribution in [1.82, 2.24) is 9.88 Å². The van der Waals surface area contributed by atoms with Crippen LogP contribution in [0.3, 0.4) is 0 Å². The van der Waals surface area contributed by atoms with Gasteiger partial charge < -0.3 is 10.0 Å². The number of likely N-dealkylation sites (tertiary alicyclic amines) is 1. The summed E-state index contributed by atoms with van der Waals surface area (Å²) in [5, 5.41) is 11.8. The van der Waals surface area contributed by atoms with E-state index in [2.05, 4.69) is 4.98 Å². The largest absolute Gasteiger partial charge is 0.385 e. The molecule has 1 aliphatic heterocycles. The van der Waals surface area contributed by atoms with E-state index in [4.69, 9.17) is 23.2 Å². The Kier molecular flexibility index (Phi) is 4.81. The number of rotatable bonds is 2. The topological polar surface area (TPSA) is 53.4 Å². The maximum atomic E-state index is 12.7. The summed E-state index contributed by atoms with van der Waals surface area (Å²) in [4.78, 5) is 18.5. The van der Waals surface area contributed by atoms with Gasteiger partial charge in [-0.25, -0.2) is 0 Å². The van der Waals surface area contributed by atoms with Crippen molar-refractivity contribution in [2.75, 3.05) is 13.1 Å². The molecule has 0 spiro atoms. The van der Waals surface area contributed by atoms with E-state index in [0.29, 0.717) is 41.5 Å². The number of hydrogen-bond donors (Lipinski definition) is 1. The summed E-state index contributed by atoms with van der Waals surface area (Å²) in [6.45, 7) is 2.74. The highest BCUT2D eigenvalue weighted by atomic mass is 35.5. The molecular formula is C18H18Cl2N2O2. The van der Waals surface area contributed by atoms with E-state index >= 15 is 0 Å². The van der Waals surface area contributed by atoms with Crippen molar-refractivity contribution in [3.63, 3.8) is 0 Å². The Bertz CT molecular complexity index is 734. The lowest BCUT2D eigenvalue weighted by molar-refractivity contribution is -0.0213. The zero-order valence-corrected chi connectivity index (χ0v) is 14.8. The van der Waals surface area contributed by atoms with E-state index < -0.39 is 5.60 Å². The molecule has 3 rings (SSSR count). The lowest BCUT2D eigenvalue weighted by atomic mass is 9.85. The van der Waals surface area contributed by atoms with Gasteiger partial charge in [-0.05, 0) is 43.5 Å². The maximum Gasteiger partial charge on any atom is 0.253 e. The molecule has 0 aliphatic carbocycles. The number of halogens is 2. The smallest absolute Gasteiger partial charge is 0.253 e. The Morgan fingerprint density at radius 1 is 1.25 bits per heavy atom. The van der Waals surface area contributed by atoms with Crippen LogP contribution in [0.15, 0.2) is 36.7 Å². The minimum atomic E-state index is -0.937. The molecule has 1 aromatic carbocycles. The van der Waals surface area contributed by atoms with Crippen molar-refractivity contribution >= 4 is 29.1 Å². The molecule has 1 amide bonds. The minimum Gasteiger partial charge on any atom is -0.385 e. The van der Waals surface area contributed by atoms with Gasteiger partial charge in [0.05, 0.1) is 5.60 Å². The number of piperidine rings is 1. The van der Waals surface area contributed by atoms with Gasteiger partial charge in [-0.15, -0.1) is 0 Å². The molecule has 1 N–H and O–H groups in total. The number of benzene rings is 1. The highest BCUT2D eigenvalue weighted by molar-refractivity contribution is 6.36. The quantitative estimate of drug-likeness (QED) is 0.880. The maximum absolute atomic E-state index is 12.7. The fourth-order valence-electron chi connectivity index (χ4n) is 2.96. The molecule has 1 saturated heterocycles. The molecule has 24 heavy (non-hydrogen) atoms. The molecule has 6 heteroatoms. The van der Waals surface area contributed by atoms with Crippen LogP contribution >= 0.6 is 23.2 Å². The molecule has 0 saturated carbocycles. The SMILES string of the molecule is Cc1c(Cl)cc(C(=O)N2CCC(O)(c3cccnc3)CC2)cc1Cl. The van der Waals surface area contributed by atoms with E-state index in [0.717, 1.165) is 11.1 Å². The summed E-state index contributed by atoms with van der Waals surface area (Å²) >= 11 is 12.3. The summed E-state index contributed by atoms with van der Waals surface area (Å²) in [7, 11) is 0. The molecule has 0 radical (unpaired) electrons. The Morgan fingerprint density at radius 2 is 1.88 bits per heavy atom. The lowest BCUT2D eigenvalue weighted by Crippen LogP contribution is -2.45. The first-order valence-electron chi connectivity index (χ1n) is 7.78. The van der Waals surface area contributed by atoms with Crippen molar-refractivity contribution in [2.24, 2.45) is 0 Å². The van der Waals surface area contributed by atoms with Crippen molar-refractivity contribution in [2.45, 2.75) is 25.4 Å². The fourth-order valence-corrected chi connectivity index (χ4v) is 3.44. The van der Waals surface area contributed by atoms with Gasteiger partial charge in [-0.2, -0.15) is 0 Å². The second kappa shape index (κ2) is 6.71. The number of aliphatic hydroxyl groups is 1. The number of pyridine rings is 1. The zero-order chi connectivity index (χ0) is 17.3. The van der Waals surface area contributed by atoms with Crippen LogP contribution < -0.4 is 0 Å². The van der Waals surface area contributed by atoms with Gasteiger partial charge in [-0.3, -0.25) is 9.78 Å². The van der Waals surface area contributed by atoms with Gasteiger partial charge in [0.1, 0.15) is 0 Å². The number of carbonyl (C=O) groups excluding carboxylic acids is 1. The van der Waals surface area contributed by atoms with Gasteiger partial charge in [0.15, 0.2) is 0 Å². The van der Waals surface area contributed by atoms with E-state index in [-0.39, 0.29) is 5.91 Å². The summed E-state index contributed by atoms with van der Waals surface area (Å²) < 4.78 is 0. The van der Waals surface area contributed by atoms with Crippen LogP contribution in [-0.4, -0.2) is 34.0 Å². The number of carbonyl (C=O) groups is 1. The summed E-state index contributed by atoms with van der Waals surface area (Å²) in [5.74, 6) is -0.118. The first-order chi connectivity index (χ1) is 11.4. The van der Waals surface area contributed by atoms with Gasteiger partial charge in [0, 0.05) is 46.7 Å². The second-order valence-corrected chi connectivity index (χ2v) is 6.94. The molecular weight excluding hydrogens is 347 g/mol. The molecule has 1 aromatic heterocycles. The number of aromatic nitrogens is 1. The second-order valence-electron chi connectivity index (χ2n) is 6.13. The van der Waals surface area contributed by atoms with E-state index in [1.54, 1.807) is 35.5 Å². The summed E-state index contributed by atoms with van der Waals surface area (Å²) in [6, 6.07) is 6.96. The van der Waals surface area contributed by atoms with Gasteiger partial charge in [0.25, 0.3) is 5.91 Å². The van der Waals surface area contributed by atoms with Crippen molar-refractivity contribution in [1.29, 1.82) is 0 Å². The van der Waals surface area contributed by atoms with Crippen LogP contribution in [0.2, 0.25) is 10.0 Å². The molecule has 0 atom stereocenters. The van der Waals surface area contributed by atoms with Crippen LogP contribution in [0, 0.1) is 6.92 Å². The Morgan fingerprint density at radius 3 is 2.42 bits per heavy atom. The van der Waals surface area contributed by atoms with E-state index in [1.807, 2.05) is 13.0 Å². The highest BCUT2D eigenvalue weighted by Crippen LogP contribution is 2.33. The van der Waals surface area contributed by atoms with Crippen LogP contribution in [0.1, 0.15) is 34.3 Å². The Hall–Kier alpha value is -1.62. The van der Waals surface area contributed by atoms with Crippen LogP contribution in [0.5, 0.6) is 0 Å².